The molecule has 2 aromatic carbocycles. The quantitative estimate of drug-likeness (QED) is 0.654. The molecule has 1 aliphatic rings. The van der Waals surface area contributed by atoms with Crippen molar-refractivity contribution in [3.05, 3.63) is 69.7 Å². The van der Waals surface area contributed by atoms with Crippen LogP contribution in [0.4, 0.5) is 0 Å². The topological polar surface area (TPSA) is 20.3 Å². The molecule has 4 heteroatoms. The van der Waals surface area contributed by atoms with Gasteiger partial charge in [0.15, 0.2) is 0 Å². The second kappa shape index (κ2) is 7.80. The minimum Gasteiger partial charge on any atom is -0.337 e. The molecule has 1 amide bonds. The maximum absolute atomic E-state index is 12.4. The molecule has 2 nitrogen and oxygen atoms in total. The van der Waals surface area contributed by atoms with Crippen molar-refractivity contribution in [1.29, 1.82) is 0 Å². The Balaban J connectivity index is 1.91. The van der Waals surface area contributed by atoms with Crippen molar-refractivity contribution in [2.45, 2.75) is 51.1 Å². The molecule has 2 aromatic rings. The highest BCUT2D eigenvalue weighted by atomic mass is 35.5. The molecule has 1 saturated heterocycles. The van der Waals surface area contributed by atoms with Gasteiger partial charge in [-0.2, -0.15) is 0 Å². The highest BCUT2D eigenvalue weighted by Gasteiger charge is 2.35. The smallest absolute Gasteiger partial charge is 0.223 e. The largest absolute Gasteiger partial charge is 0.337 e. The summed E-state index contributed by atoms with van der Waals surface area (Å²) in [7, 11) is 0. The number of halogens is 2. The Hall–Kier alpha value is -1.51. The zero-order valence-corrected chi connectivity index (χ0v) is 16.1. The van der Waals surface area contributed by atoms with Crippen molar-refractivity contribution >= 4 is 29.1 Å². The van der Waals surface area contributed by atoms with Gasteiger partial charge in [-0.3, -0.25) is 4.79 Å². The summed E-state index contributed by atoms with van der Waals surface area (Å²) >= 11 is 12.1. The van der Waals surface area contributed by atoms with Crippen LogP contribution in [-0.2, 0) is 11.2 Å². The van der Waals surface area contributed by atoms with Crippen molar-refractivity contribution < 1.29 is 4.79 Å². The number of rotatable bonds is 5. The summed E-state index contributed by atoms with van der Waals surface area (Å²) in [6.07, 6.45) is 2.45. The van der Waals surface area contributed by atoms with Gasteiger partial charge in [-0.1, -0.05) is 47.5 Å². The van der Waals surface area contributed by atoms with Crippen LogP contribution < -0.4 is 0 Å². The molecule has 0 saturated carbocycles. The Morgan fingerprint density at radius 1 is 1.04 bits per heavy atom. The molecule has 3 unspecified atom stereocenters. The van der Waals surface area contributed by atoms with E-state index in [9.17, 15) is 4.79 Å². The average Bonchev–Trinajstić information content (AvgIpc) is 2.93. The summed E-state index contributed by atoms with van der Waals surface area (Å²) in [5, 5.41) is 1.47. The van der Waals surface area contributed by atoms with Crippen LogP contribution in [0.1, 0.15) is 43.7 Å². The first kappa shape index (κ1) is 18.3. The van der Waals surface area contributed by atoms with Gasteiger partial charge in [-0.15, -0.1) is 0 Å². The lowest BCUT2D eigenvalue weighted by molar-refractivity contribution is -0.131. The first-order chi connectivity index (χ1) is 12.0. The van der Waals surface area contributed by atoms with Crippen molar-refractivity contribution in [1.82, 2.24) is 4.90 Å². The van der Waals surface area contributed by atoms with Crippen molar-refractivity contribution in [3.63, 3.8) is 0 Å². The van der Waals surface area contributed by atoms with E-state index in [1.54, 1.807) is 0 Å². The van der Waals surface area contributed by atoms with Crippen molar-refractivity contribution in [3.8, 4) is 0 Å². The predicted octanol–water partition coefficient (Wildman–Crippen LogP) is 5.72. The highest BCUT2D eigenvalue weighted by Crippen LogP contribution is 2.33. The molecule has 0 radical (unpaired) electrons. The third kappa shape index (κ3) is 4.19. The van der Waals surface area contributed by atoms with E-state index in [-0.39, 0.29) is 17.9 Å². The summed E-state index contributed by atoms with van der Waals surface area (Å²) in [4.78, 5) is 14.5. The van der Waals surface area contributed by atoms with Gasteiger partial charge in [0.25, 0.3) is 0 Å². The van der Waals surface area contributed by atoms with E-state index in [1.807, 2.05) is 24.3 Å². The van der Waals surface area contributed by atoms with Crippen molar-refractivity contribution in [2.75, 3.05) is 0 Å². The zero-order chi connectivity index (χ0) is 18.0. The van der Waals surface area contributed by atoms with Gasteiger partial charge in [-0.05, 0) is 62.1 Å². The molecule has 0 spiro atoms. The maximum Gasteiger partial charge on any atom is 0.223 e. The Labute approximate surface area is 159 Å². The molecule has 25 heavy (non-hydrogen) atoms. The van der Waals surface area contributed by atoms with Gasteiger partial charge < -0.3 is 4.90 Å². The number of hydrogen-bond acceptors (Lipinski definition) is 1. The van der Waals surface area contributed by atoms with E-state index >= 15 is 0 Å². The molecule has 132 valence electrons. The van der Waals surface area contributed by atoms with Gasteiger partial charge in [0.1, 0.15) is 0 Å². The fourth-order valence-electron chi connectivity index (χ4n) is 3.82. The van der Waals surface area contributed by atoms with E-state index in [4.69, 9.17) is 23.2 Å². The van der Waals surface area contributed by atoms with Gasteiger partial charge in [0.2, 0.25) is 5.91 Å². The lowest BCUT2D eigenvalue weighted by Crippen LogP contribution is -2.43. The third-order valence-electron chi connectivity index (χ3n) is 5.23. The van der Waals surface area contributed by atoms with Crippen LogP contribution in [0.3, 0.4) is 0 Å². The molecule has 1 heterocycles. The number of likely N-dealkylation sites (tertiary alicyclic amines) is 1. The normalized spacial score (nSPS) is 19.9. The standard InChI is InChI=1S/C21H23Cl2NO/c1-14-3-12-21(25)24(14)15(2)20(17-6-10-19(23)11-7-17)13-16-4-8-18(22)9-5-16/h4-11,14-15,20H,3,12-13H2,1-2H3. The van der Waals surface area contributed by atoms with Crippen LogP contribution in [0, 0.1) is 0 Å². The molecular weight excluding hydrogens is 353 g/mol. The Kier molecular flexibility index (Phi) is 5.71. The lowest BCUT2D eigenvalue weighted by atomic mass is 9.85. The number of carbonyl (C=O) groups excluding carboxylic acids is 1. The summed E-state index contributed by atoms with van der Waals surface area (Å²) < 4.78 is 0. The van der Waals surface area contributed by atoms with E-state index in [2.05, 4.69) is 43.0 Å². The van der Waals surface area contributed by atoms with E-state index in [0.29, 0.717) is 12.5 Å². The Bertz CT molecular complexity index is 727. The summed E-state index contributed by atoms with van der Waals surface area (Å²) in [5.74, 6) is 0.470. The predicted molar refractivity (Wildman–Crippen MR) is 104 cm³/mol. The van der Waals surface area contributed by atoms with E-state index in [0.717, 1.165) is 22.9 Å². The van der Waals surface area contributed by atoms with Gasteiger partial charge >= 0.3 is 0 Å². The molecule has 0 N–H and O–H groups in total. The van der Waals surface area contributed by atoms with Crippen LogP contribution in [0.2, 0.25) is 10.0 Å². The van der Waals surface area contributed by atoms with Crippen LogP contribution in [0.25, 0.3) is 0 Å². The SMILES string of the molecule is CC1CCC(=O)N1C(C)C(Cc1ccc(Cl)cc1)c1ccc(Cl)cc1. The number of hydrogen-bond donors (Lipinski definition) is 0. The van der Waals surface area contributed by atoms with Crippen LogP contribution >= 0.6 is 23.2 Å². The van der Waals surface area contributed by atoms with E-state index in [1.165, 1.54) is 11.1 Å². The summed E-state index contributed by atoms with van der Waals surface area (Å²) in [6.45, 7) is 4.30. The average molecular weight is 376 g/mol. The summed E-state index contributed by atoms with van der Waals surface area (Å²) in [5.41, 5.74) is 2.43. The lowest BCUT2D eigenvalue weighted by Gasteiger charge is -2.35. The first-order valence-corrected chi connectivity index (χ1v) is 9.52. The Morgan fingerprint density at radius 2 is 1.60 bits per heavy atom. The van der Waals surface area contributed by atoms with Crippen LogP contribution in [0.15, 0.2) is 48.5 Å². The molecule has 0 bridgehead atoms. The third-order valence-corrected chi connectivity index (χ3v) is 5.73. The molecule has 0 aromatic heterocycles. The maximum atomic E-state index is 12.4. The van der Waals surface area contributed by atoms with E-state index < -0.39 is 0 Å². The Morgan fingerprint density at radius 3 is 2.12 bits per heavy atom. The van der Waals surface area contributed by atoms with Crippen molar-refractivity contribution in [2.24, 2.45) is 0 Å². The minimum atomic E-state index is 0.127. The molecule has 3 atom stereocenters. The molecule has 3 rings (SSSR count). The number of amides is 1. The number of carbonyl (C=O) groups is 1. The minimum absolute atomic E-state index is 0.127. The molecule has 0 aliphatic carbocycles. The molecule has 1 aliphatic heterocycles. The fraction of sp³-hybridized carbons (Fsp3) is 0.381. The number of nitrogens with zero attached hydrogens (tertiary/aromatic N) is 1. The van der Waals surface area contributed by atoms with Crippen LogP contribution in [-0.4, -0.2) is 22.9 Å². The zero-order valence-electron chi connectivity index (χ0n) is 14.6. The molecular formula is C21H23Cl2NO. The first-order valence-electron chi connectivity index (χ1n) is 8.77. The van der Waals surface area contributed by atoms with Gasteiger partial charge in [0, 0.05) is 34.5 Å². The highest BCUT2D eigenvalue weighted by molar-refractivity contribution is 6.30. The number of benzene rings is 2. The second-order valence-electron chi connectivity index (χ2n) is 6.92. The van der Waals surface area contributed by atoms with Crippen LogP contribution in [0.5, 0.6) is 0 Å². The second-order valence-corrected chi connectivity index (χ2v) is 7.79. The monoisotopic (exact) mass is 375 g/mol. The van der Waals surface area contributed by atoms with Gasteiger partial charge in [0.05, 0.1) is 0 Å². The van der Waals surface area contributed by atoms with Gasteiger partial charge in [-0.25, -0.2) is 0 Å². The fourth-order valence-corrected chi connectivity index (χ4v) is 4.07. The summed E-state index contributed by atoms with van der Waals surface area (Å²) in [6, 6.07) is 16.4. The molecule has 1 fully saturated rings.